The maximum atomic E-state index is 11.2. The van der Waals surface area contributed by atoms with Crippen molar-refractivity contribution in [2.24, 2.45) is 0 Å². The van der Waals surface area contributed by atoms with Gasteiger partial charge in [0.2, 0.25) is 11.8 Å². The number of benzene rings is 3. The van der Waals surface area contributed by atoms with Gasteiger partial charge in [0.05, 0.1) is 7.11 Å². The molecule has 5 nitrogen and oxygen atoms in total. The largest absolute Gasteiger partial charge is 0.466 e. The summed E-state index contributed by atoms with van der Waals surface area (Å²) in [5.74, 6) is 0.624. The summed E-state index contributed by atoms with van der Waals surface area (Å²) in [6, 6.07) is 25.5. The Morgan fingerprint density at radius 3 is 1.74 bits per heavy atom. The van der Waals surface area contributed by atoms with Gasteiger partial charge in [0.15, 0.2) is 0 Å². The molecule has 0 bridgehead atoms. The number of aromatic nitrogens is 2. The fraction of sp³-hybridized carbons (Fsp3) is 0.0385. The maximum Gasteiger partial charge on any atom is 0.330 e. The molecule has 1 heterocycles. The Morgan fingerprint density at radius 2 is 1.19 bits per heavy atom. The quantitative estimate of drug-likeness (QED) is 0.231. The molecule has 0 spiro atoms. The van der Waals surface area contributed by atoms with Gasteiger partial charge in [-0.25, -0.2) is 4.79 Å². The SMILES string of the molecule is COC(=O)/C=C\c1ccc(/C=C\c2ccc(-c3nnc(-c4ccccc4)o3)cc2)cc1. The van der Waals surface area contributed by atoms with E-state index < -0.39 is 0 Å². The summed E-state index contributed by atoms with van der Waals surface area (Å²) in [4.78, 5) is 11.2. The first-order valence-corrected chi connectivity index (χ1v) is 9.75. The molecule has 0 fully saturated rings. The van der Waals surface area contributed by atoms with Crippen molar-refractivity contribution in [2.45, 2.75) is 0 Å². The molecule has 4 rings (SSSR count). The Labute approximate surface area is 180 Å². The van der Waals surface area contributed by atoms with Crippen molar-refractivity contribution >= 4 is 24.2 Å². The van der Waals surface area contributed by atoms with Gasteiger partial charge in [-0.05, 0) is 47.0 Å². The Kier molecular flexibility index (Phi) is 6.14. The molecule has 0 unspecified atom stereocenters. The predicted octanol–water partition coefficient (Wildman–Crippen LogP) is 5.76. The van der Waals surface area contributed by atoms with Gasteiger partial charge in [0.1, 0.15) is 0 Å². The number of carbonyl (C=O) groups is 1. The predicted molar refractivity (Wildman–Crippen MR) is 122 cm³/mol. The zero-order valence-corrected chi connectivity index (χ0v) is 16.9. The molecule has 152 valence electrons. The van der Waals surface area contributed by atoms with Crippen LogP contribution in [0.4, 0.5) is 0 Å². The van der Waals surface area contributed by atoms with E-state index in [1.165, 1.54) is 13.2 Å². The standard InChI is InChI=1S/C26H20N2O3/c1-30-24(29)18-15-20-10-7-19(8-11-20)9-12-21-13-16-23(17-14-21)26-28-27-25(31-26)22-5-3-2-4-6-22/h2-18H,1H3/b12-9-,18-15-. The van der Waals surface area contributed by atoms with Crippen LogP contribution >= 0.6 is 0 Å². The monoisotopic (exact) mass is 408 g/mol. The van der Waals surface area contributed by atoms with Gasteiger partial charge >= 0.3 is 5.97 Å². The summed E-state index contributed by atoms with van der Waals surface area (Å²) in [5, 5.41) is 8.29. The molecular weight excluding hydrogens is 388 g/mol. The number of ether oxygens (including phenoxy) is 1. The zero-order valence-electron chi connectivity index (χ0n) is 16.9. The van der Waals surface area contributed by atoms with Crippen LogP contribution < -0.4 is 0 Å². The van der Waals surface area contributed by atoms with E-state index >= 15 is 0 Å². The summed E-state index contributed by atoms with van der Waals surface area (Å²) in [6.07, 6.45) is 7.19. The first kappa shape index (κ1) is 20.0. The number of methoxy groups -OCH3 is 1. The Morgan fingerprint density at radius 1 is 0.710 bits per heavy atom. The van der Waals surface area contributed by atoms with E-state index in [-0.39, 0.29) is 5.97 Å². The number of hydrogen-bond donors (Lipinski definition) is 0. The highest BCUT2D eigenvalue weighted by Gasteiger charge is 2.09. The zero-order chi connectivity index (χ0) is 21.5. The van der Waals surface area contributed by atoms with E-state index in [4.69, 9.17) is 4.42 Å². The third-order valence-corrected chi connectivity index (χ3v) is 4.62. The van der Waals surface area contributed by atoms with Crippen LogP contribution in [0.1, 0.15) is 16.7 Å². The summed E-state index contributed by atoms with van der Waals surface area (Å²) >= 11 is 0. The third-order valence-electron chi connectivity index (χ3n) is 4.62. The molecule has 0 atom stereocenters. The lowest BCUT2D eigenvalue weighted by atomic mass is 10.1. The van der Waals surface area contributed by atoms with Gasteiger partial charge in [-0.15, -0.1) is 10.2 Å². The molecule has 0 saturated carbocycles. The van der Waals surface area contributed by atoms with Gasteiger partial charge < -0.3 is 9.15 Å². The molecule has 4 aromatic rings. The lowest BCUT2D eigenvalue weighted by Crippen LogP contribution is -1.93. The summed E-state index contributed by atoms with van der Waals surface area (Å²) in [5.41, 5.74) is 4.81. The Hall–Kier alpha value is -4.25. The molecule has 3 aromatic carbocycles. The van der Waals surface area contributed by atoms with Crippen molar-refractivity contribution in [1.82, 2.24) is 10.2 Å². The summed E-state index contributed by atoms with van der Waals surface area (Å²) < 4.78 is 10.4. The van der Waals surface area contributed by atoms with Crippen molar-refractivity contribution in [3.63, 3.8) is 0 Å². The second-order valence-electron chi connectivity index (χ2n) is 6.76. The number of nitrogens with zero attached hydrogens (tertiary/aromatic N) is 2. The number of esters is 1. The molecule has 31 heavy (non-hydrogen) atoms. The number of hydrogen-bond acceptors (Lipinski definition) is 5. The lowest BCUT2D eigenvalue weighted by Gasteiger charge is -1.99. The van der Waals surface area contributed by atoms with Gasteiger partial charge in [-0.2, -0.15) is 0 Å². The molecule has 0 radical (unpaired) electrons. The van der Waals surface area contributed by atoms with Gasteiger partial charge in [0.25, 0.3) is 0 Å². The van der Waals surface area contributed by atoms with Gasteiger partial charge in [-0.3, -0.25) is 0 Å². The lowest BCUT2D eigenvalue weighted by molar-refractivity contribution is -0.134. The second kappa shape index (κ2) is 9.50. The molecule has 0 aliphatic carbocycles. The fourth-order valence-corrected chi connectivity index (χ4v) is 2.92. The molecule has 0 aliphatic heterocycles. The summed E-state index contributed by atoms with van der Waals surface area (Å²) in [6.45, 7) is 0. The van der Waals surface area contributed by atoms with E-state index in [9.17, 15) is 4.79 Å². The topological polar surface area (TPSA) is 65.2 Å². The van der Waals surface area contributed by atoms with Crippen LogP contribution in [-0.4, -0.2) is 23.3 Å². The normalized spacial score (nSPS) is 11.3. The highest BCUT2D eigenvalue weighted by Crippen LogP contribution is 2.24. The van der Waals surface area contributed by atoms with Crippen molar-refractivity contribution < 1.29 is 13.9 Å². The first-order valence-electron chi connectivity index (χ1n) is 9.75. The van der Waals surface area contributed by atoms with E-state index in [0.717, 1.165) is 27.8 Å². The fourth-order valence-electron chi connectivity index (χ4n) is 2.92. The van der Waals surface area contributed by atoms with E-state index in [0.29, 0.717) is 11.8 Å². The van der Waals surface area contributed by atoms with Crippen LogP contribution in [0, 0.1) is 0 Å². The molecule has 0 aliphatic rings. The first-order chi connectivity index (χ1) is 15.2. The Balaban J connectivity index is 1.42. The second-order valence-corrected chi connectivity index (χ2v) is 6.76. The van der Waals surface area contributed by atoms with Crippen molar-refractivity contribution in [3.8, 4) is 22.9 Å². The van der Waals surface area contributed by atoms with Crippen LogP contribution in [0.15, 0.2) is 89.4 Å². The van der Waals surface area contributed by atoms with Gasteiger partial charge in [-0.1, -0.05) is 66.7 Å². The minimum atomic E-state index is -0.371. The van der Waals surface area contributed by atoms with Crippen molar-refractivity contribution in [2.75, 3.05) is 7.11 Å². The van der Waals surface area contributed by atoms with E-state index in [1.807, 2.05) is 91.0 Å². The Bertz CT molecular complexity index is 1210. The molecule has 0 saturated heterocycles. The molecule has 0 N–H and O–H groups in total. The van der Waals surface area contributed by atoms with Crippen LogP contribution in [0.25, 0.3) is 41.1 Å². The average molecular weight is 408 g/mol. The summed E-state index contributed by atoms with van der Waals surface area (Å²) in [7, 11) is 1.36. The molecule has 1 aromatic heterocycles. The van der Waals surface area contributed by atoms with Crippen LogP contribution in [0.2, 0.25) is 0 Å². The van der Waals surface area contributed by atoms with E-state index in [2.05, 4.69) is 14.9 Å². The highest BCUT2D eigenvalue weighted by molar-refractivity contribution is 5.87. The third kappa shape index (κ3) is 5.22. The highest BCUT2D eigenvalue weighted by atomic mass is 16.5. The number of carbonyl (C=O) groups excluding carboxylic acids is 1. The van der Waals surface area contributed by atoms with Gasteiger partial charge in [0, 0.05) is 17.2 Å². The van der Waals surface area contributed by atoms with Crippen LogP contribution in [0.3, 0.4) is 0 Å². The molecule has 5 heteroatoms. The maximum absolute atomic E-state index is 11.2. The molecule has 0 amide bonds. The van der Waals surface area contributed by atoms with Crippen molar-refractivity contribution in [1.29, 1.82) is 0 Å². The van der Waals surface area contributed by atoms with Crippen molar-refractivity contribution in [3.05, 3.63) is 102 Å². The van der Waals surface area contributed by atoms with E-state index in [1.54, 1.807) is 6.08 Å². The minimum absolute atomic E-state index is 0.371. The van der Waals surface area contributed by atoms with Crippen LogP contribution in [0.5, 0.6) is 0 Å². The minimum Gasteiger partial charge on any atom is -0.466 e. The average Bonchev–Trinajstić information content (AvgIpc) is 3.33. The van der Waals surface area contributed by atoms with Crippen LogP contribution in [-0.2, 0) is 9.53 Å². The molecular formula is C26H20N2O3. The number of rotatable bonds is 6. The smallest absolute Gasteiger partial charge is 0.330 e.